The molecule has 0 unspecified atom stereocenters. The predicted octanol–water partition coefficient (Wildman–Crippen LogP) is 4.69. The minimum Gasteiger partial charge on any atom is -0.496 e. The summed E-state index contributed by atoms with van der Waals surface area (Å²) in [6.45, 7) is 6.33. The third-order valence-corrected chi connectivity index (χ3v) is 6.77. The number of amides is 1. The summed E-state index contributed by atoms with van der Waals surface area (Å²) in [5.74, 6) is 0.408. The van der Waals surface area contributed by atoms with Gasteiger partial charge in [0.1, 0.15) is 17.7 Å². The van der Waals surface area contributed by atoms with Crippen LogP contribution in [0.3, 0.4) is 0 Å². The van der Waals surface area contributed by atoms with Crippen LogP contribution < -0.4 is 15.4 Å². The molecule has 4 rings (SSSR count). The minimum absolute atomic E-state index is 0.0857. The lowest BCUT2D eigenvalue weighted by atomic mass is 9.94. The van der Waals surface area contributed by atoms with E-state index in [1.54, 1.807) is 19.4 Å². The molecule has 0 saturated carbocycles. The number of methoxy groups -OCH3 is 1. The number of carbonyl (C=O) groups excluding carboxylic acids is 2. The van der Waals surface area contributed by atoms with Gasteiger partial charge in [0.05, 0.1) is 7.11 Å². The number of aldehydes is 1. The number of likely N-dealkylation sites (tertiary alicyclic amines) is 1. The van der Waals surface area contributed by atoms with Crippen LogP contribution in [0.2, 0.25) is 0 Å². The molecule has 35 heavy (non-hydrogen) atoms. The smallest absolute Gasteiger partial charge is 0.274 e. The second-order valence-electron chi connectivity index (χ2n) is 8.96. The van der Waals surface area contributed by atoms with Crippen LogP contribution in [0.15, 0.2) is 48.7 Å². The van der Waals surface area contributed by atoms with Crippen molar-refractivity contribution in [3.05, 3.63) is 71.0 Å². The van der Waals surface area contributed by atoms with Gasteiger partial charge in [-0.1, -0.05) is 24.3 Å². The van der Waals surface area contributed by atoms with Crippen LogP contribution in [0.25, 0.3) is 11.1 Å². The van der Waals surface area contributed by atoms with E-state index in [1.807, 2.05) is 38.2 Å². The summed E-state index contributed by atoms with van der Waals surface area (Å²) in [4.78, 5) is 30.8. The highest BCUT2D eigenvalue weighted by molar-refractivity contribution is 6.04. The first-order valence-electron chi connectivity index (χ1n) is 11.8. The van der Waals surface area contributed by atoms with Gasteiger partial charge in [-0.3, -0.25) is 14.7 Å². The Kier molecular flexibility index (Phi) is 7.46. The van der Waals surface area contributed by atoms with E-state index in [2.05, 4.69) is 39.6 Å². The normalized spacial score (nSPS) is 15.6. The number of hydrogen-bond donors (Lipinski definition) is 2. The predicted molar refractivity (Wildman–Crippen MR) is 139 cm³/mol. The van der Waals surface area contributed by atoms with Gasteiger partial charge in [0.2, 0.25) is 0 Å². The molecule has 2 heterocycles. The van der Waals surface area contributed by atoms with Gasteiger partial charge in [0, 0.05) is 55.3 Å². The lowest BCUT2D eigenvalue weighted by molar-refractivity contribution is -0.110. The maximum atomic E-state index is 13.1. The fourth-order valence-corrected chi connectivity index (χ4v) is 4.70. The maximum Gasteiger partial charge on any atom is 0.274 e. The molecule has 0 bridgehead atoms. The lowest BCUT2D eigenvalue weighted by Gasteiger charge is -2.18. The first kappa shape index (κ1) is 24.4. The highest BCUT2D eigenvalue weighted by atomic mass is 16.5. The third kappa shape index (κ3) is 5.20. The van der Waals surface area contributed by atoms with Crippen molar-refractivity contribution in [3.8, 4) is 16.9 Å². The Labute approximate surface area is 206 Å². The molecule has 2 N–H and O–H groups in total. The van der Waals surface area contributed by atoms with Crippen LogP contribution in [0.5, 0.6) is 5.75 Å². The Morgan fingerprint density at radius 3 is 2.46 bits per heavy atom. The topological polar surface area (TPSA) is 83.6 Å². The van der Waals surface area contributed by atoms with E-state index in [0.29, 0.717) is 12.3 Å². The van der Waals surface area contributed by atoms with E-state index in [-0.39, 0.29) is 17.5 Å². The van der Waals surface area contributed by atoms with Crippen molar-refractivity contribution >= 4 is 23.6 Å². The molecule has 7 nitrogen and oxygen atoms in total. The van der Waals surface area contributed by atoms with E-state index in [1.165, 1.54) is 0 Å². The molecule has 1 aromatic heterocycles. The summed E-state index contributed by atoms with van der Waals surface area (Å²) in [6, 6.07) is 13.8. The molecule has 1 fully saturated rings. The number of anilines is 2. The van der Waals surface area contributed by atoms with E-state index >= 15 is 0 Å². The summed E-state index contributed by atoms with van der Waals surface area (Å²) < 4.78 is 5.56. The molecule has 0 aliphatic carbocycles. The van der Waals surface area contributed by atoms with Gasteiger partial charge in [0.15, 0.2) is 0 Å². The summed E-state index contributed by atoms with van der Waals surface area (Å²) >= 11 is 0. The zero-order chi connectivity index (χ0) is 24.9. The average molecular weight is 473 g/mol. The Morgan fingerprint density at radius 1 is 1.14 bits per heavy atom. The molecule has 182 valence electrons. The number of ether oxygens (including phenoxy) is 1. The number of nitrogens with one attached hydrogen (secondary N) is 2. The van der Waals surface area contributed by atoms with Crippen LogP contribution in [0, 0.1) is 19.8 Å². The molecule has 3 aromatic rings. The number of benzene rings is 2. The molecule has 2 aromatic carbocycles. The minimum atomic E-state index is -0.294. The van der Waals surface area contributed by atoms with E-state index in [0.717, 1.165) is 65.0 Å². The Morgan fingerprint density at radius 2 is 1.83 bits per heavy atom. The zero-order valence-corrected chi connectivity index (χ0v) is 20.7. The van der Waals surface area contributed by atoms with Gasteiger partial charge in [-0.25, -0.2) is 0 Å². The molecule has 1 aliphatic heterocycles. The molecular weight excluding hydrogens is 440 g/mol. The second kappa shape index (κ2) is 10.7. The van der Waals surface area contributed by atoms with Crippen molar-refractivity contribution in [2.24, 2.45) is 5.92 Å². The first-order valence-corrected chi connectivity index (χ1v) is 11.8. The fourth-order valence-electron chi connectivity index (χ4n) is 4.70. The molecule has 0 radical (unpaired) electrons. The third-order valence-electron chi connectivity index (χ3n) is 6.77. The lowest BCUT2D eigenvalue weighted by Crippen LogP contribution is -2.21. The average Bonchev–Trinajstić information content (AvgIpc) is 3.33. The van der Waals surface area contributed by atoms with E-state index < -0.39 is 0 Å². The van der Waals surface area contributed by atoms with Crippen molar-refractivity contribution < 1.29 is 14.3 Å². The van der Waals surface area contributed by atoms with Crippen molar-refractivity contribution in [3.63, 3.8) is 0 Å². The summed E-state index contributed by atoms with van der Waals surface area (Å²) in [7, 11) is 3.50. The summed E-state index contributed by atoms with van der Waals surface area (Å²) in [5, 5.41) is 6.25. The van der Waals surface area contributed by atoms with Gasteiger partial charge < -0.3 is 20.2 Å². The molecular formula is C28H32N4O3. The summed E-state index contributed by atoms with van der Waals surface area (Å²) in [5.41, 5.74) is 7.32. The number of hydrogen-bond acceptors (Lipinski definition) is 6. The molecule has 0 spiro atoms. The van der Waals surface area contributed by atoms with Crippen LogP contribution in [0.4, 0.5) is 11.4 Å². The van der Waals surface area contributed by atoms with Gasteiger partial charge in [-0.05, 0) is 61.2 Å². The Hall–Kier alpha value is -3.71. The fraction of sp³-hybridized carbons (Fsp3) is 0.321. The van der Waals surface area contributed by atoms with Gasteiger partial charge >= 0.3 is 0 Å². The zero-order valence-electron chi connectivity index (χ0n) is 20.7. The Bertz CT molecular complexity index is 1240. The highest BCUT2D eigenvalue weighted by Gasteiger charge is 2.23. The molecule has 7 heteroatoms. The molecule has 1 amide bonds. The number of carbonyl (C=O) groups is 2. The van der Waals surface area contributed by atoms with Crippen molar-refractivity contribution in [2.45, 2.75) is 26.8 Å². The van der Waals surface area contributed by atoms with E-state index in [4.69, 9.17) is 4.74 Å². The van der Waals surface area contributed by atoms with Crippen molar-refractivity contribution in [1.82, 2.24) is 9.88 Å². The highest BCUT2D eigenvalue weighted by Crippen LogP contribution is 2.34. The standard InChI is InChI=1S/C28H32N4O3/c1-18-22(7-5-9-24(18)29-3)23-8-6-10-25(19(23)2)31-28(34)26-13-27(35-4)21(14-30-26)16-32-12-11-20(15-32)17-33/h5-10,13-14,17,20,29H,11-12,15-16H2,1-4H3,(H,31,34)/t20-/m0/s1. The van der Waals surface area contributed by atoms with Crippen LogP contribution >= 0.6 is 0 Å². The Balaban J connectivity index is 1.54. The molecule has 1 aliphatic rings. The molecule has 1 saturated heterocycles. The first-order chi connectivity index (χ1) is 16.9. The monoisotopic (exact) mass is 472 g/mol. The van der Waals surface area contributed by atoms with Crippen molar-refractivity contribution in [2.75, 3.05) is 37.9 Å². The van der Waals surface area contributed by atoms with Gasteiger partial charge in [-0.2, -0.15) is 0 Å². The van der Waals surface area contributed by atoms with Gasteiger partial charge in [0.25, 0.3) is 5.91 Å². The van der Waals surface area contributed by atoms with Crippen molar-refractivity contribution in [1.29, 1.82) is 0 Å². The van der Waals surface area contributed by atoms with Crippen LogP contribution in [0.1, 0.15) is 33.6 Å². The summed E-state index contributed by atoms with van der Waals surface area (Å²) in [6.07, 6.45) is 3.59. The molecule has 1 atom stereocenters. The SMILES string of the molecule is CNc1cccc(-c2cccc(NC(=O)c3cc(OC)c(CN4CC[C@H](C=O)C4)cn3)c2C)c1C. The van der Waals surface area contributed by atoms with Crippen LogP contribution in [-0.4, -0.2) is 49.3 Å². The van der Waals surface area contributed by atoms with Gasteiger partial charge in [-0.15, -0.1) is 0 Å². The number of nitrogens with zero attached hydrogens (tertiary/aromatic N) is 2. The second-order valence-corrected chi connectivity index (χ2v) is 8.96. The van der Waals surface area contributed by atoms with Crippen LogP contribution in [-0.2, 0) is 11.3 Å². The largest absolute Gasteiger partial charge is 0.496 e. The maximum absolute atomic E-state index is 13.1. The quantitative estimate of drug-likeness (QED) is 0.463. The number of rotatable bonds is 8. The van der Waals surface area contributed by atoms with E-state index in [9.17, 15) is 9.59 Å². The number of aromatic nitrogens is 1. The number of pyridine rings is 1.